The molecule has 2 aromatic heterocycles. The van der Waals surface area contributed by atoms with Gasteiger partial charge < -0.3 is 10.0 Å². The summed E-state index contributed by atoms with van der Waals surface area (Å²) in [6.07, 6.45) is 5.17. The third-order valence-corrected chi connectivity index (χ3v) is 6.29. The number of fused-ring (bicyclic) bond motifs is 1. The van der Waals surface area contributed by atoms with E-state index in [1.54, 1.807) is 12.3 Å². The summed E-state index contributed by atoms with van der Waals surface area (Å²) >= 11 is 6.15. The van der Waals surface area contributed by atoms with E-state index in [0.717, 1.165) is 48.2 Å². The topological polar surface area (TPSA) is 95.2 Å². The largest absolute Gasteiger partial charge is 0.480 e. The second-order valence-corrected chi connectivity index (χ2v) is 8.57. The minimum atomic E-state index is -1.15. The number of carboxylic acid groups (broad SMARTS) is 1. The number of aryl methyl sites for hydroxylation is 1. The molecule has 0 spiro atoms. The minimum Gasteiger partial charge on any atom is -0.480 e. The van der Waals surface area contributed by atoms with Crippen molar-refractivity contribution in [3.05, 3.63) is 44.7 Å². The smallest absolute Gasteiger partial charge is 0.323 e. The van der Waals surface area contributed by atoms with Gasteiger partial charge in [0.05, 0.1) is 10.5 Å². The van der Waals surface area contributed by atoms with Crippen LogP contribution in [0.3, 0.4) is 0 Å². The van der Waals surface area contributed by atoms with Gasteiger partial charge >= 0.3 is 5.97 Å². The fraction of sp³-hybridized carbons (Fsp3) is 0.316. The van der Waals surface area contributed by atoms with E-state index >= 15 is 0 Å². The van der Waals surface area contributed by atoms with Crippen molar-refractivity contribution in [1.82, 2.24) is 14.3 Å². The summed E-state index contributed by atoms with van der Waals surface area (Å²) in [6, 6.07) is 3.67. The van der Waals surface area contributed by atoms with Crippen molar-refractivity contribution in [2.24, 2.45) is 0 Å². The van der Waals surface area contributed by atoms with E-state index in [1.165, 1.54) is 10.5 Å². The summed E-state index contributed by atoms with van der Waals surface area (Å²) in [5.74, 6) is -1.11. The fourth-order valence-corrected chi connectivity index (χ4v) is 4.74. The summed E-state index contributed by atoms with van der Waals surface area (Å²) in [6.45, 7) is 2.96. The lowest BCUT2D eigenvalue weighted by atomic mass is 10.2. The van der Waals surface area contributed by atoms with Crippen LogP contribution >= 0.6 is 24.0 Å². The van der Waals surface area contributed by atoms with Crippen molar-refractivity contribution in [3.8, 4) is 0 Å². The Hall–Kier alpha value is -2.72. The highest BCUT2D eigenvalue weighted by Crippen LogP contribution is 2.33. The zero-order valence-corrected chi connectivity index (χ0v) is 17.3. The molecule has 0 unspecified atom stereocenters. The predicted molar refractivity (Wildman–Crippen MR) is 115 cm³/mol. The Morgan fingerprint density at radius 3 is 2.76 bits per heavy atom. The molecule has 2 aromatic rings. The zero-order chi connectivity index (χ0) is 20.7. The summed E-state index contributed by atoms with van der Waals surface area (Å²) in [5.41, 5.74) is 1.49. The maximum absolute atomic E-state index is 13.3. The average Bonchev–Trinajstić information content (AvgIpc) is 3.29. The Bertz CT molecular complexity index is 1130. The number of rotatable bonds is 4. The Kier molecular flexibility index (Phi) is 5.13. The fourth-order valence-electron chi connectivity index (χ4n) is 3.50. The van der Waals surface area contributed by atoms with Crippen LogP contribution in [-0.2, 0) is 9.59 Å². The first-order valence-corrected chi connectivity index (χ1v) is 10.3. The molecule has 1 N–H and O–H groups in total. The lowest BCUT2D eigenvalue weighted by molar-refractivity contribution is -0.140. The zero-order valence-electron chi connectivity index (χ0n) is 15.6. The lowest BCUT2D eigenvalue weighted by Gasteiger charge is -2.20. The Balaban J connectivity index is 1.88. The molecule has 1 amide bonds. The molecule has 10 heteroatoms. The molecule has 0 aromatic carbocycles. The number of aliphatic carboxylic acids is 1. The van der Waals surface area contributed by atoms with E-state index in [4.69, 9.17) is 22.3 Å². The van der Waals surface area contributed by atoms with Crippen LogP contribution in [0.2, 0.25) is 0 Å². The standard InChI is InChI=1S/C19H18N4O4S2/c1-11-5-4-8-22-15(11)20-16(21-6-2-3-7-21)12(17(22)26)9-13-18(27)23(10-14(24)25)19(28)29-13/h4-5,8-9H,2-3,6-7,10H2,1H3,(H,24,25). The van der Waals surface area contributed by atoms with Crippen LogP contribution in [0.1, 0.15) is 24.0 Å². The van der Waals surface area contributed by atoms with Crippen LogP contribution in [0.15, 0.2) is 28.0 Å². The van der Waals surface area contributed by atoms with Gasteiger partial charge in [0.2, 0.25) is 0 Å². The van der Waals surface area contributed by atoms with Crippen molar-refractivity contribution >= 4 is 57.7 Å². The predicted octanol–water partition coefficient (Wildman–Crippen LogP) is 1.89. The van der Waals surface area contributed by atoms with E-state index in [2.05, 4.69) is 4.90 Å². The van der Waals surface area contributed by atoms with Crippen molar-refractivity contribution < 1.29 is 14.7 Å². The van der Waals surface area contributed by atoms with Gasteiger partial charge in [-0.25, -0.2) is 4.98 Å². The number of hydrogen-bond acceptors (Lipinski definition) is 7. The van der Waals surface area contributed by atoms with E-state index in [-0.39, 0.29) is 14.8 Å². The van der Waals surface area contributed by atoms with Crippen LogP contribution < -0.4 is 10.5 Å². The normalized spacial score (nSPS) is 18.4. The number of pyridine rings is 1. The number of aromatic nitrogens is 2. The van der Waals surface area contributed by atoms with Gasteiger partial charge in [-0.05, 0) is 37.5 Å². The highest BCUT2D eigenvalue weighted by Gasteiger charge is 2.34. The van der Waals surface area contributed by atoms with Gasteiger partial charge in [0.1, 0.15) is 22.3 Å². The number of thioether (sulfide) groups is 1. The van der Waals surface area contributed by atoms with Gasteiger partial charge in [-0.1, -0.05) is 30.0 Å². The molecule has 2 fully saturated rings. The maximum atomic E-state index is 13.3. The molecule has 29 heavy (non-hydrogen) atoms. The molecule has 8 nitrogen and oxygen atoms in total. The summed E-state index contributed by atoms with van der Waals surface area (Å²) in [7, 11) is 0. The molecule has 0 atom stereocenters. The van der Waals surface area contributed by atoms with E-state index in [0.29, 0.717) is 17.0 Å². The molecule has 0 bridgehead atoms. The van der Waals surface area contributed by atoms with Crippen molar-refractivity contribution in [2.45, 2.75) is 19.8 Å². The van der Waals surface area contributed by atoms with Gasteiger partial charge in [-0.2, -0.15) is 0 Å². The first kappa shape index (κ1) is 19.6. The Morgan fingerprint density at radius 1 is 1.34 bits per heavy atom. The molecular weight excluding hydrogens is 412 g/mol. The third kappa shape index (κ3) is 3.53. The number of carboxylic acids is 1. The van der Waals surface area contributed by atoms with E-state index in [9.17, 15) is 14.4 Å². The van der Waals surface area contributed by atoms with E-state index in [1.807, 2.05) is 13.0 Å². The van der Waals surface area contributed by atoms with Gasteiger partial charge in [0.15, 0.2) is 0 Å². The number of nitrogens with zero attached hydrogens (tertiary/aromatic N) is 4. The number of thiocarbonyl (C=S) groups is 1. The SMILES string of the molecule is Cc1cccn2c(=O)c(C=C3SC(=S)N(CC(=O)O)C3=O)c(N3CCCC3)nc12. The molecule has 4 heterocycles. The van der Waals surface area contributed by atoms with Gasteiger partial charge in [-0.3, -0.25) is 23.7 Å². The van der Waals surface area contributed by atoms with Gasteiger partial charge in [0, 0.05) is 19.3 Å². The molecule has 0 saturated carbocycles. The second-order valence-electron chi connectivity index (χ2n) is 6.89. The first-order valence-electron chi connectivity index (χ1n) is 9.11. The molecule has 150 valence electrons. The molecular formula is C19H18N4O4S2. The number of anilines is 1. The summed E-state index contributed by atoms with van der Waals surface area (Å²) in [4.78, 5) is 45.0. The molecule has 4 rings (SSSR count). The van der Waals surface area contributed by atoms with Crippen molar-refractivity contribution in [1.29, 1.82) is 0 Å². The number of carbonyl (C=O) groups excluding carboxylic acids is 1. The molecule has 2 aliphatic rings. The molecule has 2 aliphatic heterocycles. The van der Waals surface area contributed by atoms with Crippen LogP contribution in [0, 0.1) is 6.92 Å². The Labute approximate surface area is 175 Å². The number of hydrogen-bond donors (Lipinski definition) is 1. The van der Waals surface area contributed by atoms with Crippen LogP contribution in [0.5, 0.6) is 0 Å². The van der Waals surface area contributed by atoms with Crippen molar-refractivity contribution in [3.63, 3.8) is 0 Å². The van der Waals surface area contributed by atoms with E-state index < -0.39 is 18.4 Å². The van der Waals surface area contributed by atoms with Crippen LogP contribution in [-0.4, -0.2) is 55.2 Å². The minimum absolute atomic E-state index is 0.163. The van der Waals surface area contributed by atoms with Crippen molar-refractivity contribution in [2.75, 3.05) is 24.5 Å². The molecule has 2 saturated heterocycles. The highest BCUT2D eigenvalue weighted by atomic mass is 32.2. The van der Waals surface area contributed by atoms with Gasteiger partial charge in [0.25, 0.3) is 11.5 Å². The first-order chi connectivity index (χ1) is 13.9. The molecule has 0 radical (unpaired) electrons. The quantitative estimate of drug-likeness (QED) is 0.580. The Morgan fingerprint density at radius 2 is 2.07 bits per heavy atom. The highest BCUT2D eigenvalue weighted by molar-refractivity contribution is 8.26. The average molecular weight is 431 g/mol. The monoisotopic (exact) mass is 430 g/mol. The number of carbonyl (C=O) groups is 2. The number of amides is 1. The maximum Gasteiger partial charge on any atom is 0.323 e. The summed E-state index contributed by atoms with van der Waals surface area (Å²) in [5, 5.41) is 9.01. The molecule has 0 aliphatic carbocycles. The van der Waals surface area contributed by atoms with Crippen LogP contribution in [0.4, 0.5) is 5.82 Å². The third-order valence-electron chi connectivity index (χ3n) is 4.91. The summed E-state index contributed by atoms with van der Waals surface area (Å²) < 4.78 is 1.63. The van der Waals surface area contributed by atoms with Crippen LogP contribution in [0.25, 0.3) is 11.7 Å². The lowest BCUT2D eigenvalue weighted by Crippen LogP contribution is -2.33. The van der Waals surface area contributed by atoms with Gasteiger partial charge in [-0.15, -0.1) is 0 Å². The second kappa shape index (κ2) is 7.60.